The number of amidine groups is 1. The Morgan fingerprint density at radius 1 is 1.53 bits per heavy atom. The molecule has 1 fully saturated rings. The largest absolute Gasteiger partial charge is 0.409 e. The molecule has 0 amide bonds. The molecular weight excluding hydrogens is 242 g/mol. The maximum absolute atomic E-state index is 12.1. The van der Waals surface area contributed by atoms with Gasteiger partial charge in [0.15, 0.2) is 0 Å². The number of hydrogen-bond acceptors (Lipinski definition) is 4. The van der Waals surface area contributed by atoms with E-state index in [9.17, 15) is 8.42 Å². The molecule has 0 bridgehead atoms. The first-order chi connectivity index (χ1) is 7.87. The van der Waals surface area contributed by atoms with Crippen molar-refractivity contribution in [2.75, 3.05) is 13.1 Å². The number of nitrogens with two attached hydrogens (primary N) is 1. The van der Waals surface area contributed by atoms with Gasteiger partial charge in [-0.1, -0.05) is 19.0 Å². The molecule has 0 unspecified atom stereocenters. The molecule has 1 aliphatic rings. The first-order valence-corrected chi connectivity index (χ1v) is 7.33. The molecule has 1 saturated carbocycles. The highest BCUT2D eigenvalue weighted by Crippen LogP contribution is 2.31. The van der Waals surface area contributed by atoms with E-state index in [0.29, 0.717) is 6.54 Å². The molecule has 1 rings (SSSR count). The maximum Gasteiger partial charge on any atom is 0.217 e. The Morgan fingerprint density at radius 2 is 2.12 bits per heavy atom. The smallest absolute Gasteiger partial charge is 0.217 e. The Hall–Kier alpha value is -0.820. The Labute approximate surface area is 103 Å². The number of nitrogens with zero attached hydrogens (tertiary/aromatic N) is 2. The molecule has 3 N–H and O–H groups in total. The summed E-state index contributed by atoms with van der Waals surface area (Å²) in [5.74, 6) is 0.320. The molecule has 0 aromatic carbocycles. The summed E-state index contributed by atoms with van der Waals surface area (Å²) in [6, 6.07) is 0. The standard InChI is InChI=1S/C10H21N3O3S/c1-8(2)7-13(6-5-10(11)12-14)17(15,16)9-3-4-9/h8-9,14H,3-7H2,1-2H3,(H2,11,12). The minimum Gasteiger partial charge on any atom is -0.409 e. The molecule has 0 atom stereocenters. The second kappa shape index (κ2) is 5.68. The fraction of sp³-hybridized carbons (Fsp3) is 0.900. The van der Waals surface area contributed by atoms with E-state index in [1.54, 1.807) is 0 Å². The van der Waals surface area contributed by atoms with Gasteiger partial charge < -0.3 is 10.9 Å². The predicted molar refractivity (Wildman–Crippen MR) is 66.4 cm³/mol. The average Bonchev–Trinajstić information content (AvgIpc) is 3.06. The summed E-state index contributed by atoms with van der Waals surface area (Å²) in [4.78, 5) is 0. The van der Waals surface area contributed by atoms with Crippen molar-refractivity contribution in [2.45, 2.75) is 38.4 Å². The second-order valence-electron chi connectivity index (χ2n) is 4.84. The van der Waals surface area contributed by atoms with Gasteiger partial charge in [-0.3, -0.25) is 0 Å². The third-order valence-corrected chi connectivity index (χ3v) is 4.99. The van der Waals surface area contributed by atoms with E-state index in [-0.39, 0.29) is 30.0 Å². The van der Waals surface area contributed by atoms with Crippen molar-refractivity contribution >= 4 is 15.9 Å². The summed E-state index contributed by atoms with van der Waals surface area (Å²) in [6.45, 7) is 4.71. The van der Waals surface area contributed by atoms with E-state index < -0.39 is 10.0 Å². The molecule has 100 valence electrons. The van der Waals surface area contributed by atoms with Crippen molar-refractivity contribution in [2.24, 2.45) is 16.8 Å². The minimum absolute atomic E-state index is 0.0600. The first kappa shape index (κ1) is 14.2. The second-order valence-corrected chi connectivity index (χ2v) is 7.05. The van der Waals surface area contributed by atoms with Crippen LogP contribution in [-0.4, -0.2) is 42.1 Å². The van der Waals surface area contributed by atoms with Crippen molar-refractivity contribution in [1.82, 2.24) is 4.31 Å². The molecule has 0 aromatic rings. The van der Waals surface area contributed by atoms with Crippen LogP contribution < -0.4 is 5.73 Å². The quantitative estimate of drug-likeness (QED) is 0.304. The van der Waals surface area contributed by atoms with Crippen LogP contribution in [0.3, 0.4) is 0 Å². The van der Waals surface area contributed by atoms with E-state index in [2.05, 4.69) is 5.16 Å². The van der Waals surface area contributed by atoms with Crippen LogP contribution in [0.4, 0.5) is 0 Å². The van der Waals surface area contributed by atoms with Gasteiger partial charge in [0.1, 0.15) is 5.84 Å². The average molecular weight is 263 g/mol. The Kier molecular flexibility index (Phi) is 4.76. The van der Waals surface area contributed by atoms with Crippen LogP contribution >= 0.6 is 0 Å². The maximum atomic E-state index is 12.1. The fourth-order valence-electron chi connectivity index (χ4n) is 1.60. The molecule has 17 heavy (non-hydrogen) atoms. The predicted octanol–water partition coefficient (Wildman–Crippen LogP) is 0.573. The molecule has 0 radical (unpaired) electrons. The van der Waals surface area contributed by atoms with E-state index in [1.807, 2.05) is 13.8 Å². The summed E-state index contributed by atoms with van der Waals surface area (Å²) < 4.78 is 25.7. The normalized spacial score (nSPS) is 18.0. The number of rotatable bonds is 7. The van der Waals surface area contributed by atoms with Crippen LogP contribution in [-0.2, 0) is 10.0 Å². The van der Waals surface area contributed by atoms with E-state index in [4.69, 9.17) is 10.9 Å². The molecule has 1 aliphatic carbocycles. The summed E-state index contributed by atoms with van der Waals surface area (Å²) >= 11 is 0. The van der Waals surface area contributed by atoms with Crippen molar-refractivity contribution in [3.05, 3.63) is 0 Å². The molecule has 0 aromatic heterocycles. The van der Waals surface area contributed by atoms with Gasteiger partial charge in [-0.2, -0.15) is 0 Å². The highest BCUT2D eigenvalue weighted by atomic mass is 32.2. The number of sulfonamides is 1. The summed E-state index contributed by atoms with van der Waals surface area (Å²) in [5, 5.41) is 11.1. The highest BCUT2D eigenvalue weighted by molar-refractivity contribution is 7.90. The van der Waals surface area contributed by atoms with Gasteiger partial charge >= 0.3 is 0 Å². The van der Waals surface area contributed by atoms with E-state index in [0.717, 1.165) is 12.8 Å². The zero-order chi connectivity index (χ0) is 13.1. The Balaban J connectivity index is 2.66. The minimum atomic E-state index is -3.19. The monoisotopic (exact) mass is 263 g/mol. The zero-order valence-electron chi connectivity index (χ0n) is 10.3. The third kappa shape index (κ3) is 4.16. The molecule has 6 nitrogen and oxygen atoms in total. The van der Waals surface area contributed by atoms with Crippen molar-refractivity contribution in [1.29, 1.82) is 0 Å². The van der Waals surface area contributed by atoms with Crippen LogP contribution in [0.25, 0.3) is 0 Å². The van der Waals surface area contributed by atoms with Crippen LogP contribution in [0, 0.1) is 5.92 Å². The molecule has 0 saturated heterocycles. The third-order valence-electron chi connectivity index (χ3n) is 2.62. The van der Waals surface area contributed by atoms with Crippen LogP contribution in [0.15, 0.2) is 5.16 Å². The number of oxime groups is 1. The van der Waals surface area contributed by atoms with Gasteiger partial charge in [-0.25, -0.2) is 12.7 Å². The van der Waals surface area contributed by atoms with Gasteiger partial charge in [0.25, 0.3) is 0 Å². The van der Waals surface area contributed by atoms with Crippen molar-refractivity contribution in [3.8, 4) is 0 Å². The lowest BCUT2D eigenvalue weighted by Gasteiger charge is -2.23. The molecular formula is C10H21N3O3S. The summed E-state index contributed by atoms with van der Waals surface area (Å²) in [5.41, 5.74) is 5.37. The van der Waals surface area contributed by atoms with Gasteiger partial charge in [-0.15, -0.1) is 0 Å². The SMILES string of the molecule is CC(C)CN(CCC(N)=NO)S(=O)(=O)C1CC1. The molecule has 7 heteroatoms. The van der Waals surface area contributed by atoms with Crippen molar-refractivity contribution in [3.63, 3.8) is 0 Å². The van der Waals surface area contributed by atoms with E-state index >= 15 is 0 Å². The lowest BCUT2D eigenvalue weighted by Crippen LogP contribution is -2.38. The topological polar surface area (TPSA) is 96.0 Å². The number of hydrogen-bond donors (Lipinski definition) is 2. The fourth-order valence-corrected chi connectivity index (χ4v) is 3.60. The van der Waals surface area contributed by atoms with Crippen LogP contribution in [0.5, 0.6) is 0 Å². The van der Waals surface area contributed by atoms with E-state index in [1.165, 1.54) is 4.31 Å². The highest BCUT2D eigenvalue weighted by Gasteiger charge is 2.39. The first-order valence-electron chi connectivity index (χ1n) is 5.83. The summed E-state index contributed by atoms with van der Waals surface area (Å²) in [7, 11) is -3.19. The van der Waals surface area contributed by atoms with Gasteiger partial charge in [-0.05, 0) is 18.8 Å². The lowest BCUT2D eigenvalue weighted by atomic mass is 10.2. The van der Waals surface area contributed by atoms with Gasteiger partial charge in [0.05, 0.1) is 5.25 Å². The Morgan fingerprint density at radius 3 is 2.53 bits per heavy atom. The Bertz CT molecular complexity index is 374. The lowest BCUT2D eigenvalue weighted by molar-refractivity contribution is 0.314. The van der Waals surface area contributed by atoms with Crippen LogP contribution in [0.1, 0.15) is 33.1 Å². The zero-order valence-corrected chi connectivity index (χ0v) is 11.2. The molecule has 0 spiro atoms. The van der Waals surface area contributed by atoms with Gasteiger partial charge in [0, 0.05) is 19.5 Å². The molecule has 0 heterocycles. The molecule has 0 aliphatic heterocycles. The van der Waals surface area contributed by atoms with Gasteiger partial charge in [0.2, 0.25) is 10.0 Å². The summed E-state index contributed by atoms with van der Waals surface area (Å²) in [6.07, 6.45) is 1.76. The van der Waals surface area contributed by atoms with Crippen LogP contribution in [0.2, 0.25) is 0 Å². The van der Waals surface area contributed by atoms with Crippen molar-refractivity contribution < 1.29 is 13.6 Å².